The SMILES string of the molecule is CCC(CC)(Cn1c(Cl)nnc1C(C)(C)C)SC. The summed E-state index contributed by atoms with van der Waals surface area (Å²) in [5.74, 6) is 0.966. The normalized spacial score (nSPS) is 13.1. The molecule has 1 aromatic rings. The van der Waals surface area contributed by atoms with E-state index in [4.69, 9.17) is 11.6 Å². The molecule has 0 aliphatic heterocycles. The molecule has 0 aliphatic carbocycles. The lowest BCUT2D eigenvalue weighted by Crippen LogP contribution is -2.32. The molecular weight excluding hydrogens is 266 g/mol. The van der Waals surface area contributed by atoms with Gasteiger partial charge in [0, 0.05) is 16.7 Å². The number of nitrogens with zero attached hydrogens (tertiary/aromatic N) is 3. The molecular formula is C13H24ClN3S. The van der Waals surface area contributed by atoms with Crippen molar-refractivity contribution < 1.29 is 0 Å². The van der Waals surface area contributed by atoms with Gasteiger partial charge in [-0.15, -0.1) is 10.2 Å². The first-order valence-corrected chi connectivity index (χ1v) is 8.04. The van der Waals surface area contributed by atoms with Crippen molar-refractivity contribution >= 4 is 23.4 Å². The molecule has 0 radical (unpaired) electrons. The Morgan fingerprint density at radius 1 is 1.17 bits per heavy atom. The first-order chi connectivity index (χ1) is 8.29. The standard InChI is InChI=1S/C13H24ClN3S/c1-7-13(8-2,18-6)9-17-10(12(3,4)5)15-16-11(17)14/h7-9H2,1-6H3. The summed E-state index contributed by atoms with van der Waals surface area (Å²) in [5.41, 5.74) is -0.0359. The third-order valence-corrected chi connectivity index (χ3v) is 5.40. The maximum Gasteiger partial charge on any atom is 0.225 e. The highest BCUT2D eigenvalue weighted by Crippen LogP contribution is 2.35. The van der Waals surface area contributed by atoms with E-state index >= 15 is 0 Å². The summed E-state index contributed by atoms with van der Waals surface area (Å²) in [5, 5.41) is 8.79. The second-order valence-corrected chi connectivity index (χ2v) is 7.34. The lowest BCUT2D eigenvalue weighted by atomic mass is 9.95. The quantitative estimate of drug-likeness (QED) is 0.816. The van der Waals surface area contributed by atoms with E-state index in [-0.39, 0.29) is 10.2 Å². The van der Waals surface area contributed by atoms with Gasteiger partial charge in [0.1, 0.15) is 5.82 Å². The van der Waals surface area contributed by atoms with Crippen LogP contribution >= 0.6 is 23.4 Å². The molecule has 5 heteroatoms. The lowest BCUT2D eigenvalue weighted by molar-refractivity contribution is 0.425. The molecule has 0 N–H and O–H groups in total. The number of aromatic nitrogens is 3. The zero-order valence-electron chi connectivity index (χ0n) is 12.2. The van der Waals surface area contributed by atoms with E-state index in [9.17, 15) is 0 Å². The second kappa shape index (κ2) is 5.83. The van der Waals surface area contributed by atoms with Gasteiger partial charge in [-0.2, -0.15) is 11.8 Å². The third-order valence-electron chi connectivity index (χ3n) is 3.54. The van der Waals surface area contributed by atoms with Gasteiger partial charge in [-0.25, -0.2) is 0 Å². The van der Waals surface area contributed by atoms with E-state index in [1.165, 1.54) is 0 Å². The van der Waals surface area contributed by atoms with Crippen molar-refractivity contribution in [2.24, 2.45) is 0 Å². The van der Waals surface area contributed by atoms with Crippen LogP contribution in [0.5, 0.6) is 0 Å². The Bertz CT molecular complexity index is 383. The minimum Gasteiger partial charge on any atom is -0.300 e. The average molecular weight is 290 g/mol. The fraction of sp³-hybridized carbons (Fsp3) is 0.846. The van der Waals surface area contributed by atoms with E-state index in [2.05, 4.69) is 55.6 Å². The van der Waals surface area contributed by atoms with E-state index in [0.717, 1.165) is 25.2 Å². The Hall–Kier alpha value is -0.220. The van der Waals surface area contributed by atoms with Crippen LogP contribution in [0.1, 0.15) is 53.3 Å². The maximum absolute atomic E-state index is 6.21. The highest BCUT2D eigenvalue weighted by molar-refractivity contribution is 8.00. The monoisotopic (exact) mass is 289 g/mol. The molecule has 0 fully saturated rings. The average Bonchev–Trinajstić information content (AvgIpc) is 2.67. The van der Waals surface area contributed by atoms with Crippen molar-refractivity contribution in [1.29, 1.82) is 0 Å². The lowest BCUT2D eigenvalue weighted by Gasteiger charge is -2.32. The molecule has 1 heterocycles. The van der Waals surface area contributed by atoms with Crippen LogP contribution in [-0.2, 0) is 12.0 Å². The van der Waals surface area contributed by atoms with Crippen LogP contribution in [-0.4, -0.2) is 25.8 Å². The Kier molecular flexibility index (Phi) is 5.13. The summed E-state index contributed by atoms with van der Waals surface area (Å²) in [4.78, 5) is 0. The summed E-state index contributed by atoms with van der Waals surface area (Å²) < 4.78 is 2.29. The van der Waals surface area contributed by atoms with Gasteiger partial charge >= 0.3 is 0 Å². The Balaban J connectivity index is 3.14. The van der Waals surface area contributed by atoms with Crippen LogP contribution in [0.2, 0.25) is 5.28 Å². The molecule has 3 nitrogen and oxygen atoms in total. The highest BCUT2D eigenvalue weighted by atomic mass is 35.5. The van der Waals surface area contributed by atoms with E-state index in [1.807, 2.05) is 11.8 Å². The third kappa shape index (κ3) is 3.21. The first kappa shape index (κ1) is 15.8. The number of rotatable bonds is 5. The van der Waals surface area contributed by atoms with Crippen molar-refractivity contribution in [3.8, 4) is 0 Å². The van der Waals surface area contributed by atoms with Crippen LogP contribution < -0.4 is 0 Å². The largest absolute Gasteiger partial charge is 0.300 e. The fourth-order valence-electron chi connectivity index (χ4n) is 2.09. The summed E-state index contributed by atoms with van der Waals surface area (Å²) in [6.07, 6.45) is 4.40. The molecule has 0 spiro atoms. The smallest absolute Gasteiger partial charge is 0.225 e. The van der Waals surface area contributed by atoms with Crippen LogP contribution in [0.25, 0.3) is 0 Å². The number of hydrogen-bond acceptors (Lipinski definition) is 3. The number of thioether (sulfide) groups is 1. The van der Waals surface area contributed by atoms with Gasteiger partial charge in [0.25, 0.3) is 0 Å². The van der Waals surface area contributed by atoms with Crippen molar-refractivity contribution in [3.63, 3.8) is 0 Å². The molecule has 0 bridgehead atoms. The molecule has 0 aliphatic rings. The molecule has 0 amide bonds. The summed E-state index contributed by atoms with van der Waals surface area (Å²) in [6, 6.07) is 0. The van der Waals surface area contributed by atoms with Gasteiger partial charge in [-0.05, 0) is 30.7 Å². The van der Waals surface area contributed by atoms with Gasteiger partial charge in [-0.3, -0.25) is 4.57 Å². The number of halogens is 1. The van der Waals surface area contributed by atoms with Crippen molar-refractivity contribution in [2.45, 2.75) is 64.2 Å². The van der Waals surface area contributed by atoms with Crippen molar-refractivity contribution in [1.82, 2.24) is 14.8 Å². The number of hydrogen-bond donors (Lipinski definition) is 0. The molecule has 1 aromatic heterocycles. The predicted octanol–water partition coefficient (Wildman–Crippen LogP) is 4.15. The predicted molar refractivity (Wildman–Crippen MR) is 80.6 cm³/mol. The van der Waals surface area contributed by atoms with E-state index in [1.54, 1.807) is 0 Å². The molecule has 0 aromatic carbocycles. The molecule has 0 unspecified atom stereocenters. The van der Waals surface area contributed by atoms with Crippen LogP contribution in [0.4, 0.5) is 0 Å². The van der Waals surface area contributed by atoms with Crippen molar-refractivity contribution in [3.05, 3.63) is 11.1 Å². The van der Waals surface area contributed by atoms with Gasteiger partial charge in [0.2, 0.25) is 5.28 Å². The van der Waals surface area contributed by atoms with E-state index in [0.29, 0.717) is 5.28 Å². The summed E-state index contributed by atoms with van der Waals surface area (Å²) in [7, 11) is 0. The Morgan fingerprint density at radius 3 is 2.11 bits per heavy atom. The minimum absolute atomic E-state index is 0.0359. The Morgan fingerprint density at radius 2 is 1.72 bits per heavy atom. The highest BCUT2D eigenvalue weighted by Gasteiger charge is 2.31. The fourth-order valence-corrected chi connectivity index (χ4v) is 3.11. The molecule has 0 saturated carbocycles. The van der Waals surface area contributed by atoms with Gasteiger partial charge in [0.15, 0.2) is 0 Å². The molecule has 0 atom stereocenters. The van der Waals surface area contributed by atoms with E-state index < -0.39 is 0 Å². The molecule has 18 heavy (non-hydrogen) atoms. The van der Waals surface area contributed by atoms with Crippen molar-refractivity contribution in [2.75, 3.05) is 6.26 Å². The minimum atomic E-state index is -0.0359. The topological polar surface area (TPSA) is 30.7 Å². The molecule has 1 rings (SSSR count). The Labute approximate surface area is 120 Å². The zero-order chi connectivity index (χ0) is 14.0. The van der Waals surface area contributed by atoms with Crippen LogP contribution in [0.3, 0.4) is 0 Å². The van der Waals surface area contributed by atoms with Gasteiger partial charge in [0.05, 0.1) is 0 Å². The van der Waals surface area contributed by atoms with Crippen LogP contribution in [0.15, 0.2) is 0 Å². The van der Waals surface area contributed by atoms with Gasteiger partial charge < -0.3 is 0 Å². The van der Waals surface area contributed by atoms with Crippen LogP contribution in [0, 0.1) is 0 Å². The summed E-state index contributed by atoms with van der Waals surface area (Å²) in [6.45, 7) is 11.8. The second-order valence-electron chi connectivity index (χ2n) is 5.72. The molecule has 104 valence electrons. The van der Waals surface area contributed by atoms with Gasteiger partial charge in [-0.1, -0.05) is 34.6 Å². The zero-order valence-corrected chi connectivity index (χ0v) is 13.8. The summed E-state index contributed by atoms with van der Waals surface area (Å²) >= 11 is 8.12. The maximum atomic E-state index is 6.21. The first-order valence-electron chi connectivity index (χ1n) is 6.44. The molecule has 0 saturated heterocycles.